The Balaban J connectivity index is 2.09. The Morgan fingerprint density at radius 1 is 1.12 bits per heavy atom. The standard InChI is InChI=1S/C20H23FN2O2/c1-14-8-10-16(11-9-14)19(22-15(2)24)12-20(25)23(3)13-17-6-4-5-7-18(17)21/h4-11,19H,12-13H2,1-3H3,(H,22,24). The Morgan fingerprint density at radius 2 is 1.76 bits per heavy atom. The summed E-state index contributed by atoms with van der Waals surface area (Å²) in [5.41, 5.74) is 2.44. The molecule has 1 unspecified atom stereocenters. The van der Waals surface area contributed by atoms with Gasteiger partial charge in [-0.3, -0.25) is 9.59 Å². The predicted octanol–water partition coefficient (Wildman–Crippen LogP) is 3.36. The predicted molar refractivity (Wildman–Crippen MR) is 95.2 cm³/mol. The zero-order valence-electron chi connectivity index (χ0n) is 14.8. The number of hydrogen-bond donors (Lipinski definition) is 1. The van der Waals surface area contributed by atoms with Crippen molar-refractivity contribution < 1.29 is 14.0 Å². The molecule has 0 aliphatic rings. The molecular weight excluding hydrogens is 319 g/mol. The van der Waals surface area contributed by atoms with E-state index in [1.54, 1.807) is 25.2 Å². The van der Waals surface area contributed by atoms with E-state index in [2.05, 4.69) is 5.32 Å². The van der Waals surface area contributed by atoms with Gasteiger partial charge < -0.3 is 10.2 Å². The first kappa shape index (κ1) is 18.6. The molecule has 0 saturated heterocycles. The molecule has 5 heteroatoms. The number of nitrogens with one attached hydrogen (secondary N) is 1. The quantitative estimate of drug-likeness (QED) is 0.875. The summed E-state index contributed by atoms with van der Waals surface area (Å²) < 4.78 is 13.8. The van der Waals surface area contributed by atoms with E-state index in [4.69, 9.17) is 0 Å². The summed E-state index contributed by atoms with van der Waals surface area (Å²) in [7, 11) is 1.63. The number of carbonyl (C=O) groups excluding carboxylic acids is 2. The second kappa shape index (κ2) is 8.42. The van der Waals surface area contributed by atoms with Crippen molar-refractivity contribution in [3.05, 3.63) is 71.0 Å². The molecule has 2 aromatic rings. The number of benzene rings is 2. The van der Waals surface area contributed by atoms with E-state index in [9.17, 15) is 14.0 Å². The molecule has 1 N–H and O–H groups in total. The Hall–Kier alpha value is -2.69. The molecule has 0 spiro atoms. The summed E-state index contributed by atoms with van der Waals surface area (Å²) in [5.74, 6) is -0.697. The first-order valence-electron chi connectivity index (χ1n) is 8.18. The maximum atomic E-state index is 13.8. The van der Waals surface area contributed by atoms with Crippen LogP contribution in [-0.4, -0.2) is 23.8 Å². The van der Waals surface area contributed by atoms with Crippen molar-refractivity contribution >= 4 is 11.8 Å². The van der Waals surface area contributed by atoms with Crippen molar-refractivity contribution in [2.45, 2.75) is 32.9 Å². The molecule has 2 rings (SSSR count). The van der Waals surface area contributed by atoms with Crippen molar-refractivity contribution in [1.29, 1.82) is 0 Å². The largest absolute Gasteiger partial charge is 0.349 e. The maximum Gasteiger partial charge on any atom is 0.225 e. The van der Waals surface area contributed by atoms with Crippen LogP contribution in [0, 0.1) is 12.7 Å². The average Bonchev–Trinajstić information content (AvgIpc) is 2.56. The van der Waals surface area contributed by atoms with Crippen LogP contribution in [0.2, 0.25) is 0 Å². The number of hydrogen-bond acceptors (Lipinski definition) is 2. The lowest BCUT2D eigenvalue weighted by atomic mass is 10.0. The minimum Gasteiger partial charge on any atom is -0.349 e. The maximum absolute atomic E-state index is 13.8. The fourth-order valence-corrected chi connectivity index (χ4v) is 2.60. The van der Waals surface area contributed by atoms with Crippen LogP contribution in [0.5, 0.6) is 0 Å². The van der Waals surface area contributed by atoms with Gasteiger partial charge in [0.05, 0.1) is 12.5 Å². The minimum absolute atomic E-state index is 0.119. The van der Waals surface area contributed by atoms with Gasteiger partial charge in [0, 0.05) is 26.1 Å². The van der Waals surface area contributed by atoms with E-state index in [1.807, 2.05) is 31.2 Å². The molecule has 25 heavy (non-hydrogen) atoms. The SMILES string of the molecule is CC(=O)NC(CC(=O)N(C)Cc1ccccc1F)c1ccc(C)cc1. The van der Waals surface area contributed by atoms with Crippen molar-refractivity contribution in [3.8, 4) is 0 Å². The summed E-state index contributed by atoms with van der Waals surface area (Å²) in [6, 6.07) is 13.7. The zero-order chi connectivity index (χ0) is 18.4. The van der Waals surface area contributed by atoms with Crippen LogP contribution >= 0.6 is 0 Å². The fraction of sp³-hybridized carbons (Fsp3) is 0.300. The van der Waals surface area contributed by atoms with Crippen molar-refractivity contribution in [2.75, 3.05) is 7.05 Å². The molecule has 0 bridgehead atoms. The molecule has 0 aliphatic heterocycles. The Bertz CT molecular complexity index is 744. The summed E-state index contributed by atoms with van der Waals surface area (Å²) >= 11 is 0. The second-order valence-electron chi connectivity index (χ2n) is 6.21. The molecule has 132 valence electrons. The van der Waals surface area contributed by atoms with Gasteiger partial charge in [0.25, 0.3) is 0 Å². The average molecular weight is 342 g/mol. The van der Waals surface area contributed by atoms with Gasteiger partial charge in [0.15, 0.2) is 0 Å². The van der Waals surface area contributed by atoms with E-state index in [-0.39, 0.29) is 30.6 Å². The first-order chi connectivity index (χ1) is 11.9. The smallest absolute Gasteiger partial charge is 0.225 e. The van der Waals surface area contributed by atoms with Crippen LogP contribution in [0.25, 0.3) is 0 Å². The van der Waals surface area contributed by atoms with Gasteiger partial charge in [-0.05, 0) is 18.6 Å². The number of carbonyl (C=O) groups is 2. The lowest BCUT2D eigenvalue weighted by molar-refractivity contribution is -0.131. The van der Waals surface area contributed by atoms with E-state index in [1.165, 1.54) is 17.9 Å². The lowest BCUT2D eigenvalue weighted by Gasteiger charge is -2.23. The molecule has 0 radical (unpaired) electrons. The van der Waals surface area contributed by atoms with E-state index < -0.39 is 6.04 Å². The second-order valence-corrected chi connectivity index (χ2v) is 6.21. The van der Waals surface area contributed by atoms with Gasteiger partial charge in [-0.25, -0.2) is 4.39 Å². The summed E-state index contributed by atoms with van der Waals surface area (Å²) in [4.78, 5) is 25.5. The molecule has 1 atom stereocenters. The van der Waals surface area contributed by atoms with E-state index >= 15 is 0 Å². The van der Waals surface area contributed by atoms with Gasteiger partial charge in [0.2, 0.25) is 11.8 Å². The van der Waals surface area contributed by atoms with Gasteiger partial charge in [0.1, 0.15) is 5.82 Å². The van der Waals surface area contributed by atoms with E-state index in [0.29, 0.717) is 5.56 Å². The molecule has 0 aromatic heterocycles. The molecule has 0 heterocycles. The zero-order valence-corrected chi connectivity index (χ0v) is 14.8. The summed E-state index contributed by atoms with van der Waals surface area (Å²) in [5, 5.41) is 2.82. The van der Waals surface area contributed by atoms with Crippen molar-refractivity contribution in [3.63, 3.8) is 0 Å². The Morgan fingerprint density at radius 3 is 2.36 bits per heavy atom. The van der Waals surface area contributed by atoms with Crippen LogP contribution in [-0.2, 0) is 16.1 Å². The van der Waals surface area contributed by atoms with Crippen molar-refractivity contribution in [1.82, 2.24) is 10.2 Å². The van der Waals surface area contributed by atoms with Gasteiger partial charge in [-0.2, -0.15) is 0 Å². The monoisotopic (exact) mass is 342 g/mol. The highest BCUT2D eigenvalue weighted by Gasteiger charge is 2.20. The number of aryl methyl sites for hydroxylation is 1. The molecule has 2 aromatic carbocycles. The Labute approximate surface area is 147 Å². The van der Waals surface area contributed by atoms with Crippen LogP contribution < -0.4 is 5.32 Å². The van der Waals surface area contributed by atoms with E-state index in [0.717, 1.165) is 11.1 Å². The number of nitrogens with zero attached hydrogens (tertiary/aromatic N) is 1. The van der Waals surface area contributed by atoms with Gasteiger partial charge >= 0.3 is 0 Å². The number of amides is 2. The fourth-order valence-electron chi connectivity index (χ4n) is 2.60. The van der Waals surface area contributed by atoms with Gasteiger partial charge in [-0.15, -0.1) is 0 Å². The topological polar surface area (TPSA) is 49.4 Å². The molecule has 0 fully saturated rings. The first-order valence-corrected chi connectivity index (χ1v) is 8.18. The van der Waals surface area contributed by atoms with Crippen LogP contribution in [0.4, 0.5) is 4.39 Å². The summed E-state index contributed by atoms with van der Waals surface area (Å²) in [6.07, 6.45) is 0.119. The minimum atomic E-state index is -0.409. The molecule has 2 amide bonds. The van der Waals surface area contributed by atoms with Crippen LogP contribution in [0.1, 0.15) is 36.1 Å². The Kier molecular flexibility index (Phi) is 6.28. The lowest BCUT2D eigenvalue weighted by Crippen LogP contribution is -2.33. The third kappa shape index (κ3) is 5.41. The van der Waals surface area contributed by atoms with Crippen LogP contribution in [0.15, 0.2) is 48.5 Å². The van der Waals surface area contributed by atoms with Gasteiger partial charge in [-0.1, -0.05) is 48.0 Å². The normalized spacial score (nSPS) is 11.7. The molecule has 0 saturated carbocycles. The molecular formula is C20H23FN2O2. The molecule has 0 aliphatic carbocycles. The third-order valence-electron chi connectivity index (χ3n) is 4.03. The third-order valence-corrected chi connectivity index (χ3v) is 4.03. The highest BCUT2D eigenvalue weighted by atomic mass is 19.1. The number of halogens is 1. The highest BCUT2D eigenvalue weighted by molar-refractivity contribution is 5.79. The number of rotatable bonds is 6. The summed E-state index contributed by atoms with van der Waals surface area (Å²) in [6.45, 7) is 3.59. The highest BCUT2D eigenvalue weighted by Crippen LogP contribution is 2.19. The molecule has 4 nitrogen and oxygen atoms in total. The van der Waals surface area contributed by atoms with Crippen LogP contribution in [0.3, 0.4) is 0 Å². The van der Waals surface area contributed by atoms with Crippen molar-refractivity contribution in [2.24, 2.45) is 0 Å².